The molecule has 0 aliphatic rings. The van der Waals surface area contributed by atoms with Crippen LogP contribution in [0.15, 0.2) is 70.6 Å². The highest BCUT2D eigenvalue weighted by atomic mass is 35.5. The first-order chi connectivity index (χ1) is 14.4. The van der Waals surface area contributed by atoms with Crippen LogP contribution in [0.25, 0.3) is 21.7 Å². The molecule has 162 valence electrons. The number of aromatic amines is 1. The molecule has 0 atom stereocenters. The van der Waals surface area contributed by atoms with E-state index in [9.17, 15) is 13.2 Å². The number of hydrogen-bond acceptors (Lipinski definition) is 5. The van der Waals surface area contributed by atoms with Gasteiger partial charge in [0, 0.05) is 29.4 Å². The van der Waals surface area contributed by atoms with Crippen molar-refractivity contribution in [2.75, 3.05) is 27.2 Å². The third-order valence-corrected chi connectivity index (χ3v) is 6.72. The second-order valence-corrected chi connectivity index (χ2v) is 9.18. The summed E-state index contributed by atoms with van der Waals surface area (Å²) in [5, 5.41) is 11.5. The van der Waals surface area contributed by atoms with Crippen molar-refractivity contribution in [1.82, 2.24) is 20.4 Å². The van der Waals surface area contributed by atoms with E-state index >= 15 is 0 Å². The van der Waals surface area contributed by atoms with Crippen LogP contribution in [0.4, 0.5) is 0 Å². The number of aromatic nitrogens is 2. The van der Waals surface area contributed by atoms with Gasteiger partial charge in [-0.25, -0.2) is 8.42 Å². The number of sulfone groups is 1. The maximum atomic E-state index is 13.5. The summed E-state index contributed by atoms with van der Waals surface area (Å²) in [4.78, 5) is 14.7. The van der Waals surface area contributed by atoms with Crippen molar-refractivity contribution >= 4 is 49.8 Å². The minimum absolute atomic E-state index is 0. The number of halogens is 1. The molecule has 0 saturated carbocycles. The predicted molar refractivity (Wildman–Crippen MR) is 124 cm³/mol. The molecule has 2 N–H and O–H groups in total. The molecule has 4 aromatic rings. The maximum Gasteiger partial charge on any atom is 0.251 e. The number of fused-ring (bicyclic) bond motifs is 2. The molecular formula is C22H23ClN4O3S. The average molecular weight is 459 g/mol. The van der Waals surface area contributed by atoms with Crippen LogP contribution >= 0.6 is 12.4 Å². The minimum atomic E-state index is -3.88. The first-order valence-electron chi connectivity index (χ1n) is 9.52. The fraction of sp³-hybridized carbons (Fsp3) is 0.182. The molecule has 31 heavy (non-hydrogen) atoms. The van der Waals surface area contributed by atoms with E-state index in [2.05, 4.69) is 15.5 Å². The SMILES string of the molecule is CN(C)CCNC(=O)c1ccc2n[nH]c(S(=O)(=O)c3cccc4ccccc34)c2c1.Cl. The quantitative estimate of drug-likeness (QED) is 0.462. The number of nitrogens with one attached hydrogen (secondary N) is 2. The summed E-state index contributed by atoms with van der Waals surface area (Å²) in [6, 6.07) is 17.4. The number of carbonyl (C=O) groups is 1. The van der Waals surface area contributed by atoms with E-state index in [1.165, 1.54) is 0 Å². The van der Waals surface area contributed by atoms with Crippen molar-refractivity contribution in [3.63, 3.8) is 0 Å². The van der Waals surface area contributed by atoms with E-state index < -0.39 is 9.84 Å². The monoisotopic (exact) mass is 458 g/mol. The van der Waals surface area contributed by atoms with Gasteiger partial charge in [-0.05, 0) is 43.7 Å². The third kappa shape index (κ3) is 4.41. The summed E-state index contributed by atoms with van der Waals surface area (Å²) in [5.41, 5.74) is 0.871. The van der Waals surface area contributed by atoms with Crippen LogP contribution in [0.2, 0.25) is 0 Å². The molecule has 1 heterocycles. The van der Waals surface area contributed by atoms with Crippen molar-refractivity contribution in [2.45, 2.75) is 9.92 Å². The Balaban J connectivity index is 0.00000272. The van der Waals surface area contributed by atoms with Gasteiger partial charge < -0.3 is 10.2 Å². The average Bonchev–Trinajstić information content (AvgIpc) is 3.17. The van der Waals surface area contributed by atoms with Gasteiger partial charge in [-0.1, -0.05) is 36.4 Å². The van der Waals surface area contributed by atoms with Crippen molar-refractivity contribution in [3.8, 4) is 0 Å². The van der Waals surface area contributed by atoms with Crippen molar-refractivity contribution in [1.29, 1.82) is 0 Å². The summed E-state index contributed by atoms with van der Waals surface area (Å²) < 4.78 is 26.9. The van der Waals surface area contributed by atoms with Crippen LogP contribution in [-0.4, -0.2) is 56.6 Å². The summed E-state index contributed by atoms with van der Waals surface area (Å²) in [5.74, 6) is -0.256. The Morgan fingerprint density at radius 1 is 1.03 bits per heavy atom. The number of H-pyrrole nitrogens is 1. The summed E-state index contributed by atoms with van der Waals surface area (Å²) >= 11 is 0. The normalized spacial score (nSPS) is 11.6. The van der Waals surface area contributed by atoms with Crippen LogP contribution in [-0.2, 0) is 9.84 Å². The maximum absolute atomic E-state index is 13.5. The molecule has 0 bridgehead atoms. The molecule has 0 unspecified atom stereocenters. The smallest absolute Gasteiger partial charge is 0.251 e. The van der Waals surface area contributed by atoms with Gasteiger partial charge in [-0.15, -0.1) is 12.4 Å². The molecule has 9 heteroatoms. The lowest BCUT2D eigenvalue weighted by Gasteiger charge is -2.10. The molecule has 7 nitrogen and oxygen atoms in total. The highest BCUT2D eigenvalue weighted by Gasteiger charge is 2.25. The zero-order valence-corrected chi connectivity index (χ0v) is 18.8. The van der Waals surface area contributed by atoms with Crippen LogP contribution in [0.1, 0.15) is 10.4 Å². The Hall–Kier alpha value is -2.94. The zero-order valence-electron chi connectivity index (χ0n) is 17.1. The molecule has 0 aliphatic heterocycles. The molecular weight excluding hydrogens is 436 g/mol. The first kappa shape index (κ1) is 22.7. The number of amides is 1. The van der Waals surface area contributed by atoms with Gasteiger partial charge in [0.25, 0.3) is 5.91 Å². The van der Waals surface area contributed by atoms with Gasteiger partial charge in [0.15, 0.2) is 5.03 Å². The van der Waals surface area contributed by atoms with E-state index in [0.717, 1.165) is 5.39 Å². The van der Waals surface area contributed by atoms with E-state index in [-0.39, 0.29) is 28.2 Å². The van der Waals surface area contributed by atoms with Crippen molar-refractivity contribution in [3.05, 3.63) is 66.2 Å². The van der Waals surface area contributed by atoms with Crippen LogP contribution in [0, 0.1) is 0 Å². The molecule has 4 rings (SSSR count). The second kappa shape index (κ2) is 9.05. The molecule has 1 aromatic heterocycles. The van der Waals surface area contributed by atoms with Crippen LogP contribution in [0.3, 0.4) is 0 Å². The van der Waals surface area contributed by atoms with Gasteiger partial charge in [-0.3, -0.25) is 9.89 Å². The van der Waals surface area contributed by atoms with Gasteiger partial charge in [-0.2, -0.15) is 5.10 Å². The van der Waals surface area contributed by atoms with E-state index in [0.29, 0.717) is 34.9 Å². The Kier molecular flexibility index (Phi) is 6.64. The van der Waals surface area contributed by atoms with Gasteiger partial charge >= 0.3 is 0 Å². The van der Waals surface area contributed by atoms with Gasteiger partial charge in [0.05, 0.1) is 10.4 Å². The highest BCUT2D eigenvalue weighted by Crippen LogP contribution is 2.31. The Labute approximate surface area is 186 Å². The lowest BCUT2D eigenvalue weighted by Crippen LogP contribution is -2.31. The first-order valence-corrected chi connectivity index (χ1v) is 11.0. The number of hydrogen-bond donors (Lipinski definition) is 2. The molecule has 0 aliphatic carbocycles. The van der Waals surface area contributed by atoms with E-state index in [1.54, 1.807) is 36.4 Å². The highest BCUT2D eigenvalue weighted by molar-refractivity contribution is 7.91. The number of likely N-dealkylation sites (N-methyl/N-ethyl adjacent to an activating group) is 1. The van der Waals surface area contributed by atoms with Crippen molar-refractivity contribution in [2.24, 2.45) is 0 Å². The topological polar surface area (TPSA) is 95.2 Å². The molecule has 1 amide bonds. The van der Waals surface area contributed by atoms with Gasteiger partial charge in [0.1, 0.15) is 0 Å². The summed E-state index contributed by atoms with van der Waals surface area (Å²) in [7, 11) is -0.0265. The number of carbonyl (C=O) groups excluding carboxylic acids is 1. The Morgan fingerprint density at radius 3 is 2.55 bits per heavy atom. The van der Waals surface area contributed by atoms with Crippen LogP contribution in [0.5, 0.6) is 0 Å². The molecule has 3 aromatic carbocycles. The number of benzene rings is 3. The van der Waals surface area contributed by atoms with E-state index in [4.69, 9.17) is 0 Å². The third-order valence-electron chi connectivity index (χ3n) is 4.93. The predicted octanol–water partition coefficient (Wildman–Crippen LogP) is 3.26. The Bertz CT molecular complexity index is 1340. The van der Waals surface area contributed by atoms with E-state index in [1.807, 2.05) is 43.3 Å². The summed E-state index contributed by atoms with van der Waals surface area (Å²) in [6.07, 6.45) is 0. The number of rotatable bonds is 6. The van der Waals surface area contributed by atoms with Crippen LogP contribution < -0.4 is 5.32 Å². The summed E-state index contributed by atoms with van der Waals surface area (Å²) in [6.45, 7) is 1.21. The molecule has 0 fully saturated rings. The number of nitrogens with zero attached hydrogens (tertiary/aromatic N) is 2. The second-order valence-electron chi connectivity index (χ2n) is 7.32. The lowest BCUT2D eigenvalue weighted by atomic mass is 10.1. The fourth-order valence-electron chi connectivity index (χ4n) is 3.37. The molecule has 0 saturated heterocycles. The standard InChI is InChI=1S/C22H22N4O3S.ClH/c1-26(2)13-12-23-21(27)16-10-11-19-18(14-16)22(25-24-19)30(28,29)20-9-5-7-15-6-3-4-8-17(15)20;/h3-11,14H,12-13H2,1-2H3,(H,23,27)(H,24,25);1H. The van der Waals surface area contributed by atoms with Crippen molar-refractivity contribution < 1.29 is 13.2 Å². The Morgan fingerprint density at radius 2 is 1.77 bits per heavy atom. The van der Waals surface area contributed by atoms with Gasteiger partial charge in [0.2, 0.25) is 9.84 Å². The molecule has 0 radical (unpaired) electrons. The zero-order chi connectivity index (χ0) is 21.3. The minimum Gasteiger partial charge on any atom is -0.351 e. The lowest BCUT2D eigenvalue weighted by molar-refractivity contribution is 0.0951. The largest absolute Gasteiger partial charge is 0.351 e. The molecule has 0 spiro atoms. The fourth-order valence-corrected chi connectivity index (χ4v) is 4.94.